The minimum Gasteiger partial charge on any atom is -0.423 e. The maximum Gasteiger partial charge on any atom is 0.298 e. The average Bonchev–Trinajstić information content (AvgIpc) is 3.12. The quantitative estimate of drug-likeness (QED) is 0.559. The molecule has 0 radical (unpaired) electrons. The fourth-order valence-electron chi connectivity index (χ4n) is 2.16. The van der Waals surface area contributed by atoms with Crippen LogP contribution in [0.2, 0.25) is 0 Å². The van der Waals surface area contributed by atoms with Crippen LogP contribution in [0, 0.1) is 10.1 Å². The Morgan fingerprint density at radius 3 is 2.95 bits per heavy atom. The first-order valence-corrected chi connectivity index (χ1v) is 7.41. The molecular weight excluding hydrogens is 290 g/mol. The lowest BCUT2D eigenvalue weighted by molar-refractivity contribution is -0.383. The van der Waals surface area contributed by atoms with Crippen molar-refractivity contribution in [3.8, 4) is 0 Å². The number of para-hydroxylation sites is 1. The molecule has 21 heavy (non-hydrogen) atoms. The highest BCUT2D eigenvalue weighted by Gasteiger charge is 2.19. The van der Waals surface area contributed by atoms with Gasteiger partial charge >= 0.3 is 0 Å². The predicted molar refractivity (Wildman–Crippen MR) is 81.6 cm³/mol. The van der Waals surface area contributed by atoms with Crippen LogP contribution in [-0.2, 0) is 0 Å². The molecule has 3 aromatic rings. The van der Waals surface area contributed by atoms with Crippen molar-refractivity contribution in [3.05, 3.63) is 50.7 Å². The van der Waals surface area contributed by atoms with Gasteiger partial charge in [-0.3, -0.25) is 10.1 Å². The molecule has 2 heterocycles. The van der Waals surface area contributed by atoms with Crippen LogP contribution in [0.15, 0.2) is 40.1 Å². The summed E-state index contributed by atoms with van der Waals surface area (Å²) in [4.78, 5) is 15.9. The smallest absolute Gasteiger partial charge is 0.298 e. The van der Waals surface area contributed by atoms with Gasteiger partial charge in [-0.2, -0.15) is 4.98 Å². The van der Waals surface area contributed by atoms with Gasteiger partial charge in [0.05, 0.1) is 11.0 Å². The van der Waals surface area contributed by atoms with E-state index in [1.165, 1.54) is 10.9 Å². The molecule has 1 aromatic carbocycles. The van der Waals surface area contributed by atoms with E-state index in [4.69, 9.17) is 4.42 Å². The SMILES string of the molecule is CCC(Nc1nc2c([N+](=O)[O-])cccc2o1)c1cccs1. The van der Waals surface area contributed by atoms with E-state index in [9.17, 15) is 10.1 Å². The zero-order valence-corrected chi connectivity index (χ0v) is 12.1. The molecule has 0 aliphatic rings. The molecule has 6 nitrogen and oxygen atoms in total. The number of fused-ring (bicyclic) bond motifs is 1. The van der Waals surface area contributed by atoms with Crippen molar-refractivity contribution >= 4 is 34.1 Å². The lowest BCUT2D eigenvalue weighted by Gasteiger charge is -2.13. The average molecular weight is 303 g/mol. The van der Waals surface area contributed by atoms with Crippen LogP contribution < -0.4 is 5.32 Å². The number of anilines is 1. The van der Waals surface area contributed by atoms with E-state index in [-0.39, 0.29) is 17.2 Å². The fourth-order valence-corrected chi connectivity index (χ4v) is 3.02. The van der Waals surface area contributed by atoms with E-state index >= 15 is 0 Å². The first-order valence-electron chi connectivity index (χ1n) is 6.53. The molecule has 2 aromatic heterocycles. The zero-order chi connectivity index (χ0) is 14.8. The van der Waals surface area contributed by atoms with Gasteiger partial charge in [-0.15, -0.1) is 11.3 Å². The Bertz CT molecular complexity index is 767. The molecule has 0 aliphatic carbocycles. The summed E-state index contributed by atoms with van der Waals surface area (Å²) in [6.07, 6.45) is 0.862. The van der Waals surface area contributed by atoms with E-state index in [0.717, 1.165) is 6.42 Å². The largest absolute Gasteiger partial charge is 0.423 e. The van der Waals surface area contributed by atoms with Crippen LogP contribution in [0.4, 0.5) is 11.7 Å². The van der Waals surface area contributed by atoms with Crippen LogP contribution in [0.3, 0.4) is 0 Å². The molecule has 0 fully saturated rings. The standard InChI is InChI=1S/C14H13N3O3S/c1-2-9(12-7-4-8-21-12)15-14-16-13-10(17(18)19)5-3-6-11(13)20-14/h3-9H,2H2,1H3,(H,15,16). The topological polar surface area (TPSA) is 81.2 Å². The van der Waals surface area contributed by atoms with Gasteiger partial charge in [0, 0.05) is 10.9 Å². The maximum atomic E-state index is 11.0. The van der Waals surface area contributed by atoms with Crippen LogP contribution >= 0.6 is 11.3 Å². The highest BCUT2D eigenvalue weighted by atomic mass is 32.1. The summed E-state index contributed by atoms with van der Waals surface area (Å²) in [6.45, 7) is 2.06. The molecule has 7 heteroatoms. The second-order valence-corrected chi connectivity index (χ2v) is 5.50. The van der Waals surface area contributed by atoms with Crippen molar-refractivity contribution in [3.63, 3.8) is 0 Å². The summed E-state index contributed by atoms with van der Waals surface area (Å²) < 4.78 is 5.57. The molecule has 1 N–H and O–H groups in total. The van der Waals surface area contributed by atoms with E-state index in [0.29, 0.717) is 11.6 Å². The summed E-state index contributed by atoms with van der Waals surface area (Å²) in [7, 11) is 0. The number of non-ortho nitro benzene ring substituents is 1. The van der Waals surface area contributed by atoms with Gasteiger partial charge in [0.1, 0.15) is 0 Å². The maximum absolute atomic E-state index is 11.0. The Labute approximate surface area is 124 Å². The Kier molecular flexibility index (Phi) is 3.57. The molecule has 0 saturated heterocycles. The first kappa shape index (κ1) is 13.6. The van der Waals surface area contributed by atoms with Crippen LogP contribution in [0.5, 0.6) is 0 Å². The number of thiophene rings is 1. The van der Waals surface area contributed by atoms with Crippen LogP contribution in [0.25, 0.3) is 11.1 Å². The monoisotopic (exact) mass is 303 g/mol. The van der Waals surface area contributed by atoms with Crippen LogP contribution in [-0.4, -0.2) is 9.91 Å². The minimum atomic E-state index is -0.453. The molecule has 0 aliphatic heterocycles. The zero-order valence-electron chi connectivity index (χ0n) is 11.3. The number of hydrogen-bond acceptors (Lipinski definition) is 6. The number of oxazole rings is 1. The molecule has 0 amide bonds. The Morgan fingerprint density at radius 1 is 1.43 bits per heavy atom. The summed E-state index contributed by atoms with van der Waals surface area (Å²) in [6, 6.07) is 9.10. The minimum absolute atomic E-state index is 0.0477. The number of aromatic nitrogens is 1. The second kappa shape index (κ2) is 5.53. The number of nitro groups is 1. The molecule has 0 saturated carbocycles. The normalized spacial score (nSPS) is 12.4. The Hall–Kier alpha value is -2.41. The molecular formula is C14H13N3O3S. The van der Waals surface area contributed by atoms with Crippen molar-refractivity contribution < 1.29 is 9.34 Å². The summed E-state index contributed by atoms with van der Waals surface area (Å²) in [5, 5.41) is 16.2. The van der Waals surface area contributed by atoms with Gasteiger partial charge in [-0.05, 0) is 23.9 Å². The molecule has 0 bridgehead atoms. The van der Waals surface area contributed by atoms with Gasteiger partial charge in [0.2, 0.25) is 0 Å². The molecule has 0 spiro atoms. The van der Waals surface area contributed by atoms with Gasteiger partial charge in [-0.25, -0.2) is 0 Å². The Morgan fingerprint density at radius 2 is 2.29 bits per heavy atom. The molecule has 1 unspecified atom stereocenters. The fraction of sp³-hybridized carbons (Fsp3) is 0.214. The van der Waals surface area contributed by atoms with E-state index in [1.54, 1.807) is 23.5 Å². The number of rotatable bonds is 5. The summed E-state index contributed by atoms with van der Waals surface area (Å²) >= 11 is 1.65. The number of nitrogens with one attached hydrogen (secondary N) is 1. The van der Waals surface area contributed by atoms with Crippen molar-refractivity contribution in [1.29, 1.82) is 0 Å². The van der Waals surface area contributed by atoms with Gasteiger partial charge in [0.25, 0.3) is 11.7 Å². The highest BCUT2D eigenvalue weighted by Crippen LogP contribution is 2.30. The number of hydrogen-bond donors (Lipinski definition) is 1. The van der Waals surface area contributed by atoms with Gasteiger partial charge < -0.3 is 9.73 Å². The molecule has 3 rings (SSSR count). The molecule has 1 atom stereocenters. The lowest BCUT2D eigenvalue weighted by Crippen LogP contribution is -2.08. The number of nitro benzene ring substituents is 1. The third-order valence-electron chi connectivity index (χ3n) is 3.19. The van der Waals surface area contributed by atoms with Crippen molar-refractivity contribution in [2.75, 3.05) is 5.32 Å². The van der Waals surface area contributed by atoms with Gasteiger partial charge in [-0.1, -0.05) is 19.1 Å². The van der Waals surface area contributed by atoms with Crippen LogP contribution in [0.1, 0.15) is 24.3 Å². The number of nitrogens with zero attached hydrogens (tertiary/aromatic N) is 2. The lowest BCUT2D eigenvalue weighted by atomic mass is 10.2. The van der Waals surface area contributed by atoms with Crippen molar-refractivity contribution in [2.45, 2.75) is 19.4 Å². The van der Waals surface area contributed by atoms with Crippen molar-refractivity contribution in [2.24, 2.45) is 0 Å². The van der Waals surface area contributed by atoms with E-state index in [2.05, 4.69) is 17.2 Å². The van der Waals surface area contributed by atoms with E-state index < -0.39 is 4.92 Å². The first-order chi connectivity index (χ1) is 10.2. The van der Waals surface area contributed by atoms with Crippen molar-refractivity contribution in [1.82, 2.24) is 4.98 Å². The number of benzene rings is 1. The predicted octanol–water partition coefficient (Wildman–Crippen LogP) is 4.36. The third-order valence-corrected chi connectivity index (χ3v) is 4.17. The summed E-state index contributed by atoms with van der Waals surface area (Å²) in [5.74, 6) is 0. The highest BCUT2D eigenvalue weighted by molar-refractivity contribution is 7.10. The van der Waals surface area contributed by atoms with Gasteiger partial charge in [0.15, 0.2) is 11.1 Å². The van der Waals surface area contributed by atoms with E-state index in [1.807, 2.05) is 17.5 Å². The Balaban J connectivity index is 1.94. The second-order valence-electron chi connectivity index (χ2n) is 4.52. The molecule has 108 valence electrons. The summed E-state index contributed by atoms with van der Waals surface area (Å²) in [5.41, 5.74) is 0.632. The third kappa shape index (κ3) is 2.59.